The zero-order valence-electron chi connectivity index (χ0n) is 11.5. The Bertz CT molecular complexity index is 718. The summed E-state index contributed by atoms with van der Waals surface area (Å²) in [7, 11) is 0. The Hall–Kier alpha value is -1.39. The van der Waals surface area contributed by atoms with Gasteiger partial charge in [0, 0.05) is 24.0 Å². The molecule has 0 N–H and O–H groups in total. The van der Waals surface area contributed by atoms with E-state index in [4.69, 9.17) is 11.6 Å². The maximum atomic E-state index is 6.07. The van der Waals surface area contributed by atoms with Crippen LogP contribution in [0.15, 0.2) is 29.8 Å². The van der Waals surface area contributed by atoms with Gasteiger partial charge in [-0.15, -0.1) is 22.9 Å². The number of para-hydroxylation sites is 1. The van der Waals surface area contributed by atoms with Crippen LogP contribution >= 0.6 is 22.9 Å². The summed E-state index contributed by atoms with van der Waals surface area (Å²) in [5.41, 5.74) is 3.40. The van der Waals surface area contributed by atoms with Crippen LogP contribution in [0.25, 0.3) is 11.0 Å². The van der Waals surface area contributed by atoms with Crippen molar-refractivity contribution in [2.45, 2.75) is 32.2 Å². The van der Waals surface area contributed by atoms with Crippen LogP contribution in [0, 0.1) is 6.92 Å². The maximum absolute atomic E-state index is 6.07. The molecule has 0 saturated carbocycles. The Balaban J connectivity index is 2.04. The zero-order valence-corrected chi connectivity index (χ0v) is 13.1. The van der Waals surface area contributed by atoms with Gasteiger partial charge in [0.25, 0.3) is 0 Å². The molecule has 0 aliphatic heterocycles. The minimum absolute atomic E-state index is 0.356. The Labute approximate surface area is 127 Å². The van der Waals surface area contributed by atoms with E-state index in [1.165, 1.54) is 5.56 Å². The molecule has 3 aromatic rings. The highest BCUT2D eigenvalue weighted by Gasteiger charge is 2.16. The number of imidazole rings is 1. The Morgan fingerprint density at radius 3 is 2.95 bits per heavy atom. The van der Waals surface area contributed by atoms with Gasteiger partial charge in [0.05, 0.1) is 21.9 Å². The van der Waals surface area contributed by atoms with Crippen LogP contribution in [-0.4, -0.2) is 14.5 Å². The fraction of sp³-hybridized carbons (Fsp3) is 0.333. The van der Waals surface area contributed by atoms with Crippen molar-refractivity contribution in [2.75, 3.05) is 0 Å². The van der Waals surface area contributed by atoms with Crippen molar-refractivity contribution in [1.82, 2.24) is 14.5 Å². The molecule has 0 aliphatic carbocycles. The van der Waals surface area contributed by atoms with Gasteiger partial charge >= 0.3 is 0 Å². The molecule has 20 heavy (non-hydrogen) atoms. The summed E-state index contributed by atoms with van der Waals surface area (Å²) < 4.78 is 2.22. The molecule has 0 saturated heterocycles. The van der Waals surface area contributed by atoms with Gasteiger partial charge in [-0.1, -0.05) is 19.1 Å². The predicted molar refractivity (Wildman–Crippen MR) is 84.6 cm³/mol. The molecule has 3 nitrogen and oxygen atoms in total. The lowest BCUT2D eigenvalue weighted by Gasteiger charge is -2.12. The van der Waals surface area contributed by atoms with Gasteiger partial charge in [-0.05, 0) is 18.6 Å². The molecule has 5 heteroatoms. The average molecular weight is 306 g/mol. The van der Waals surface area contributed by atoms with Gasteiger partial charge in [0.2, 0.25) is 0 Å². The first-order valence-electron chi connectivity index (χ1n) is 6.60. The molecule has 1 atom stereocenters. The molecule has 0 fully saturated rings. The number of benzene rings is 1. The summed E-state index contributed by atoms with van der Waals surface area (Å²) in [6, 6.07) is 6.27. The number of alkyl halides is 1. The van der Waals surface area contributed by atoms with Gasteiger partial charge in [-0.25, -0.2) is 9.97 Å². The number of halogens is 1. The summed E-state index contributed by atoms with van der Waals surface area (Å²) in [5.74, 6) is 1.72. The lowest BCUT2D eigenvalue weighted by molar-refractivity contribution is 0.592. The fourth-order valence-electron chi connectivity index (χ4n) is 2.47. The van der Waals surface area contributed by atoms with Crippen LogP contribution in [0.1, 0.15) is 29.2 Å². The molecular weight excluding hydrogens is 290 g/mol. The quantitative estimate of drug-likeness (QED) is 0.671. The van der Waals surface area contributed by atoms with Gasteiger partial charge in [0.1, 0.15) is 5.82 Å². The molecule has 2 aromatic heterocycles. The average Bonchev–Trinajstić information content (AvgIpc) is 3.07. The van der Waals surface area contributed by atoms with E-state index in [-0.39, 0.29) is 0 Å². The number of nitrogens with zero attached hydrogens (tertiary/aromatic N) is 3. The van der Waals surface area contributed by atoms with Crippen molar-refractivity contribution in [3.8, 4) is 0 Å². The number of aromatic nitrogens is 3. The number of thiazole rings is 1. The van der Waals surface area contributed by atoms with Crippen LogP contribution in [-0.2, 0) is 12.4 Å². The van der Waals surface area contributed by atoms with E-state index in [1.807, 2.05) is 11.6 Å². The third-order valence-corrected chi connectivity index (χ3v) is 4.75. The molecule has 1 aromatic carbocycles. The first kappa shape index (κ1) is 13.6. The van der Waals surface area contributed by atoms with Crippen molar-refractivity contribution in [1.29, 1.82) is 0 Å². The minimum Gasteiger partial charge on any atom is -0.326 e. The zero-order chi connectivity index (χ0) is 14.1. The second-order valence-electron chi connectivity index (χ2n) is 4.99. The molecular formula is C15H16ClN3S. The van der Waals surface area contributed by atoms with Gasteiger partial charge in [0.15, 0.2) is 0 Å². The normalized spacial score (nSPS) is 12.9. The topological polar surface area (TPSA) is 30.7 Å². The number of hydrogen-bond acceptors (Lipinski definition) is 3. The number of fused-ring (bicyclic) bond motifs is 1. The van der Waals surface area contributed by atoms with E-state index >= 15 is 0 Å². The smallest absolute Gasteiger partial charge is 0.124 e. The van der Waals surface area contributed by atoms with E-state index < -0.39 is 0 Å². The highest BCUT2D eigenvalue weighted by atomic mass is 35.5. The lowest BCUT2D eigenvalue weighted by atomic mass is 10.1. The van der Waals surface area contributed by atoms with Crippen LogP contribution in [0.4, 0.5) is 0 Å². The molecule has 0 spiro atoms. The second-order valence-corrected chi connectivity index (χ2v) is 6.18. The maximum Gasteiger partial charge on any atom is 0.124 e. The van der Waals surface area contributed by atoms with Gasteiger partial charge < -0.3 is 4.57 Å². The standard InChI is InChI=1S/C15H16ClN3S/c1-10-4-3-5-12-14(10)18-13(8-16)19(12)9-11(2)15-17-6-7-20-15/h3-7,11H,8-9H2,1-2H3. The van der Waals surface area contributed by atoms with Crippen LogP contribution < -0.4 is 0 Å². The van der Waals surface area contributed by atoms with E-state index in [0.29, 0.717) is 11.8 Å². The fourth-order valence-corrected chi connectivity index (χ4v) is 3.36. The van der Waals surface area contributed by atoms with Crippen molar-refractivity contribution < 1.29 is 0 Å². The molecule has 0 radical (unpaired) electrons. The van der Waals surface area contributed by atoms with E-state index in [9.17, 15) is 0 Å². The van der Waals surface area contributed by atoms with Crippen molar-refractivity contribution in [3.05, 3.63) is 46.2 Å². The second kappa shape index (κ2) is 5.54. The third-order valence-electron chi connectivity index (χ3n) is 3.51. The first-order chi connectivity index (χ1) is 9.70. The van der Waals surface area contributed by atoms with Crippen molar-refractivity contribution >= 4 is 34.0 Å². The molecule has 3 rings (SSSR count). The molecule has 2 heterocycles. The SMILES string of the molecule is Cc1cccc2c1nc(CCl)n2CC(C)c1nccs1. The van der Waals surface area contributed by atoms with E-state index in [0.717, 1.165) is 28.4 Å². The summed E-state index contributed by atoms with van der Waals surface area (Å²) in [6.45, 7) is 5.13. The predicted octanol–water partition coefficient (Wildman–Crippen LogP) is 4.34. The Kier molecular flexibility index (Phi) is 3.76. The number of aryl methyl sites for hydroxylation is 1. The number of rotatable bonds is 4. The van der Waals surface area contributed by atoms with Gasteiger partial charge in [-0.3, -0.25) is 0 Å². The monoisotopic (exact) mass is 305 g/mol. The first-order valence-corrected chi connectivity index (χ1v) is 8.02. The van der Waals surface area contributed by atoms with Crippen LogP contribution in [0.3, 0.4) is 0 Å². The third kappa shape index (κ3) is 2.34. The molecule has 0 amide bonds. The minimum atomic E-state index is 0.356. The highest BCUT2D eigenvalue weighted by Crippen LogP contribution is 2.25. The van der Waals surface area contributed by atoms with E-state index in [1.54, 1.807) is 11.3 Å². The largest absolute Gasteiger partial charge is 0.326 e. The lowest BCUT2D eigenvalue weighted by Crippen LogP contribution is -2.08. The summed E-state index contributed by atoms with van der Waals surface area (Å²) in [5, 5.41) is 3.17. The molecule has 1 unspecified atom stereocenters. The Morgan fingerprint density at radius 1 is 1.40 bits per heavy atom. The summed E-state index contributed by atoms with van der Waals surface area (Å²) in [6.07, 6.45) is 1.86. The number of hydrogen-bond donors (Lipinski definition) is 0. The van der Waals surface area contributed by atoms with Gasteiger partial charge in [-0.2, -0.15) is 0 Å². The van der Waals surface area contributed by atoms with Crippen LogP contribution in [0.2, 0.25) is 0 Å². The highest BCUT2D eigenvalue weighted by molar-refractivity contribution is 7.09. The Morgan fingerprint density at radius 2 is 2.25 bits per heavy atom. The van der Waals surface area contributed by atoms with Crippen molar-refractivity contribution in [2.24, 2.45) is 0 Å². The molecule has 0 bridgehead atoms. The van der Waals surface area contributed by atoms with Crippen LogP contribution in [0.5, 0.6) is 0 Å². The van der Waals surface area contributed by atoms with Crippen molar-refractivity contribution in [3.63, 3.8) is 0 Å². The molecule has 104 valence electrons. The summed E-state index contributed by atoms with van der Waals surface area (Å²) in [4.78, 5) is 9.08. The van der Waals surface area contributed by atoms with E-state index in [2.05, 4.69) is 46.6 Å². The molecule has 0 aliphatic rings. The summed E-state index contributed by atoms with van der Waals surface area (Å²) >= 11 is 7.76.